The molecule has 0 aromatic carbocycles. The molecule has 0 bridgehead atoms. The van der Waals surface area contributed by atoms with Crippen molar-refractivity contribution in [3.05, 3.63) is 28.7 Å². The molecule has 224 valence electrons. The molecule has 4 fully saturated rings. The Kier molecular flexibility index (Phi) is 7.91. The molecule has 5 aliphatic heterocycles. The molecule has 1 aromatic heterocycles. The average Bonchev–Trinajstić information content (AvgIpc) is 3.78. The number of fused-ring (bicyclic) bond motifs is 1. The number of aliphatic carboxylic acids is 1. The van der Waals surface area contributed by atoms with E-state index in [1.165, 1.54) is 24.6 Å². The van der Waals surface area contributed by atoms with Gasteiger partial charge in [-0.05, 0) is 43.9 Å². The van der Waals surface area contributed by atoms with Gasteiger partial charge in [0.15, 0.2) is 5.13 Å². The molecular weight excluding hydrogens is 586 g/mol. The zero-order valence-corrected chi connectivity index (χ0v) is 24.2. The summed E-state index contributed by atoms with van der Waals surface area (Å²) in [4.78, 5) is 60.7. The molecule has 4 saturated heterocycles. The monoisotopic (exact) mass is 617 g/mol. The number of nitrogens with two attached hydrogens (primary N) is 1. The maximum atomic E-state index is 13.4. The molecule has 5 aliphatic rings. The number of rotatable bonds is 8. The topological polar surface area (TPSA) is 207 Å². The van der Waals surface area contributed by atoms with Gasteiger partial charge in [-0.3, -0.25) is 24.2 Å². The molecule has 6 rings (SSSR count). The lowest BCUT2D eigenvalue weighted by atomic mass is 10.0. The van der Waals surface area contributed by atoms with Crippen molar-refractivity contribution in [3.63, 3.8) is 0 Å². The number of β-lactam (4-membered cyclic amide) rings is 1. The first kappa shape index (κ1) is 28.6. The van der Waals surface area contributed by atoms with E-state index in [0.717, 1.165) is 49.0 Å². The summed E-state index contributed by atoms with van der Waals surface area (Å²) in [5.41, 5.74) is 5.74. The summed E-state index contributed by atoms with van der Waals surface area (Å²) in [6, 6.07) is -0.404. The van der Waals surface area contributed by atoms with Gasteiger partial charge >= 0.3 is 5.97 Å². The highest BCUT2D eigenvalue weighted by Gasteiger charge is 2.54. The lowest BCUT2D eigenvalue weighted by Crippen LogP contribution is -2.71. The van der Waals surface area contributed by atoms with Gasteiger partial charge < -0.3 is 31.6 Å². The van der Waals surface area contributed by atoms with Crippen LogP contribution in [0.3, 0.4) is 0 Å². The van der Waals surface area contributed by atoms with Gasteiger partial charge in [0.05, 0.1) is 0 Å². The summed E-state index contributed by atoms with van der Waals surface area (Å²) in [5.74, 6) is -2.86. The molecular formula is C25H31N9O6S2. The lowest BCUT2D eigenvalue weighted by molar-refractivity contribution is -0.150. The number of carbonyl (C=O) groups excluding carboxylic acids is 3. The van der Waals surface area contributed by atoms with Gasteiger partial charge in [0, 0.05) is 61.1 Å². The molecule has 42 heavy (non-hydrogen) atoms. The lowest BCUT2D eigenvalue weighted by Gasteiger charge is -2.49. The number of likely N-dealkylation sites (tertiary alicyclic amines) is 2. The Morgan fingerprint density at radius 3 is 2.79 bits per heavy atom. The van der Waals surface area contributed by atoms with Crippen LogP contribution in [0.5, 0.6) is 0 Å². The molecule has 0 saturated carbocycles. The molecule has 1 aromatic rings. The maximum absolute atomic E-state index is 13.4. The van der Waals surface area contributed by atoms with Crippen LogP contribution in [0.25, 0.3) is 0 Å². The van der Waals surface area contributed by atoms with E-state index in [9.17, 15) is 29.5 Å². The first-order valence-electron chi connectivity index (χ1n) is 13.8. The van der Waals surface area contributed by atoms with Crippen LogP contribution in [0.4, 0.5) is 5.13 Å². The zero-order valence-electron chi connectivity index (χ0n) is 22.6. The standard InChI is InChI=1S/C25H31N9O6S2/c26-25-29-19(31-42-25)16(30-40)20(35)28-17-22(37)34-18(24(38)39)13(11-41-23(17)34)8-12-3-7-33(21(12)36)15-4-6-32(10-15)9-14-2-1-5-27-14/h8,14-15,17,23,27,40H,1-7,9-11H2,(H,28,35)(H,38,39)(H2,26,29,31)/t14?,15?,17-,23-/m1/s1. The Balaban J connectivity index is 1.12. The summed E-state index contributed by atoms with van der Waals surface area (Å²) in [6.07, 6.45) is 5.43. The molecule has 6 heterocycles. The highest BCUT2D eigenvalue weighted by molar-refractivity contribution is 8.00. The third kappa shape index (κ3) is 5.25. The minimum absolute atomic E-state index is 0.0662. The van der Waals surface area contributed by atoms with E-state index in [0.29, 0.717) is 30.2 Å². The fraction of sp³-hybridized carbons (Fsp3) is 0.560. The van der Waals surface area contributed by atoms with Crippen LogP contribution in [-0.4, -0.2) is 126 Å². The van der Waals surface area contributed by atoms with E-state index in [1.54, 1.807) is 6.08 Å². The molecule has 0 aliphatic carbocycles. The van der Waals surface area contributed by atoms with E-state index < -0.39 is 34.9 Å². The van der Waals surface area contributed by atoms with Crippen LogP contribution < -0.4 is 16.4 Å². The number of nitrogens with one attached hydrogen (secondary N) is 2. The maximum Gasteiger partial charge on any atom is 0.352 e. The van der Waals surface area contributed by atoms with Crippen LogP contribution in [0.2, 0.25) is 0 Å². The highest BCUT2D eigenvalue weighted by Crippen LogP contribution is 2.41. The van der Waals surface area contributed by atoms with Crippen molar-refractivity contribution >= 4 is 57.8 Å². The minimum atomic E-state index is -1.29. The predicted octanol–water partition coefficient (Wildman–Crippen LogP) is -0.978. The normalized spacial score (nSPS) is 29.4. The van der Waals surface area contributed by atoms with Crippen molar-refractivity contribution in [2.24, 2.45) is 5.16 Å². The highest BCUT2D eigenvalue weighted by atomic mass is 32.2. The molecule has 3 amide bonds. The van der Waals surface area contributed by atoms with Crippen LogP contribution in [0.1, 0.15) is 31.5 Å². The average molecular weight is 618 g/mol. The number of oxime groups is 1. The van der Waals surface area contributed by atoms with E-state index in [4.69, 9.17) is 5.73 Å². The van der Waals surface area contributed by atoms with E-state index >= 15 is 0 Å². The van der Waals surface area contributed by atoms with Crippen molar-refractivity contribution in [2.45, 2.75) is 49.2 Å². The Labute approximate surface area is 249 Å². The summed E-state index contributed by atoms with van der Waals surface area (Å²) in [5, 5.41) is 27.7. The van der Waals surface area contributed by atoms with Crippen molar-refractivity contribution < 1.29 is 29.5 Å². The fourth-order valence-corrected chi connectivity index (χ4v) is 8.01. The predicted molar refractivity (Wildman–Crippen MR) is 153 cm³/mol. The molecule has 15 nitrogen and oxygen atoms in total. The van der Waals surface area contributed by atoms with E-state index in [2.05, 4.69) is 30.0 Å². The number of hydrogen-bond donors (Lipinski definition) is 5. The number of hydrogen-bond acceptors (Lipinski definition) is 13. The Morgan fingerprint density at radius 1 is 1.26 bits per heavy atom. The number of nitrogens with zero attached hydrogens (tertiary/aromatic N) is 6. The molecule has 6 N–H and O–H groups in total. The first-order chi connectivity index (χ1) is 20.2. The zero-order chi connectivity index (χ0) is 29.5. The quantitative estimate of drug-likeness (QED) is 0.0785. The number of allylic oxidation sites excluding steroid dienone is 1. The number of nitrogen functional groups attached to an aromatic ring is 1. The Morgan fingerprint density at radius 2 is 2.10 bits per heavy atom. The van der Waals surface area contributed by atoms with Crippen molar-refractivity contribution in [2.75, 3.05) is 44.2 Å². The van der Waals surface area contributed by atoms with Gasteiger partial charge in [-0.15, -0.1) is 11.8 Å². The smallest absolute Gasteiger partial charge is 0.352 e. The van der Waals surface area contributed by atoms with Gasteiger partial charge in [0.25, 0.3) is 11.8 Å². The van der Waals surface area contributed by atoms with Crippen molar-refractivity contribution in [1.82, 2.24) is 34.7 Å². The van der Waals surface area contributed by atoms with Gasteiger partial charge in [0.1, 0.15) is 17.1 Å². The van der Waals surface area contributed by atoms with Gasteiger partial charge in [-0.2, -0.15) is 9.36 Å². The SMILES string of the molecule is Nc1nc(C(=NO)C(=O)N[C@@H]2C(=O)N3C(C(=O)O)=C(C=C4CCN(C5CCN(CC6CCCN6)C5)C4=O)CS[C@H]23)ns1. The summed E-state index contributed by atoms with van der Waals surface area (Å²) < 4.78 is 3.84. The summed E-state index contributed by atoms with van der Waals surface area (Å²) >= 11 is 2.09. The number of carboxylic acids is 1. The van der Waals surface area contributed by atoms with E-state index in [1.807, 2.05) is 4.90 Å². The molecule has 17 heteroatoms. The Hall–Kier alpha value is -3.54. The van der Waals surface area contributed by atoms with Crippen LogP contribution in [-0.2, 0) is 19.2 Å². The number of amides is 3. The van der Waals surface area contributed by atoms with Crippen molar-refractivity contribution in [3.8, 4) is 0 Å². The second-order valence-corrected chi connectivity index (χ2v) is 12.7. The second-order valence-electron chi connectivity index (χ2n) is 10.9. The number of aromatic nitrogens is 2. The number of anilines is 1. The van der Waals surface area contributed by atoms with Crippen LogP contribution in [0.15, 0.2) is 28.1 Å². The fourth-order valence-electron chi connectivity index (χ4n) is 6.27. The Bertz CT molecular complexity index is 1400. The first-order valence-corrected chi connectivity index (χ1v) is 15.6. The van der Waals surface area contributed by atoms with E-state index in [-0.39, 0.29) is 34.4 Å². The third-order valence-electron chi connectivity index (χ3n) is 8.29. The van der Waals surface area contributed by atoms with Gasteiger partial charge in [0.2, 0.25) is 17.4 Å². The molecule has 0 spiro atoms. The van der Waals surface area contributed by atoms with Crippen molar-refractivity contribution in [1.29, 1.82) is 0 Å². The number of carboxylic acid groups (broad SMARTS) is 1. The summed E-state index contributed by atoms with van der Waals surface area (Å²) in [6.45, 7) is 4.42. The second kappa shape index (κ2) is 11.6. The van der Waals surface area contributed by atoms with Gasteiger partial charge in [-0.25, -0.2) is 4.79 Å². The molecule has 0 radical (unpaired) electrons. The summed E-state index contributed by atoms with van der Waals surface area (Å²) in [7, 11) is 0. The number of thioether (sulfide) groups is 1. The third-order valence-corrected chi connectivity index (χ3v) is 10.1. The van der Waals surface area contributed by atoms with Crippen LogP contribution >= 0.6 is 23.3 Å². The molecule has 2 unspecified atom stereocenters. The largest absolute Gasteiger partial charge is 0.477 e. The minimum Gasteiger partial charge on any atom is -0.477 e. The van der Waals surface area contributed by atoms with Crippen LogP contribution in [0, 0.1) is 0 Å². The molecule has 4 atom stereocenters. The van der Waals surface area contributed by atoms with Gasteiger partial charge in [-0.1, -0.05) is 5.16 Å². The number of carbonyl (C=O) groups is 4.